The van der Waals surface area contributed by atoms with Crippen LogP contribution in [0.5, 0.6) is 5.75 Å². The van der Waals surface area contributed by atoms with Gasteiger partial charge in [-0.1, -0.05) is 0 Å². The van der Waals surface area contributed by atoms with Crippen LogP contribution in [-0.2, 0) is 9.84 Å². The van der Waals surface area contributed by atoms with Crippen molar-refractivity contribution in [1.29, 1.82) is 0 Å². The molecule has 1 heterocycles. The lowest BCUT2D eigenvalue weighted by atomic mass is 10.3. The minimum atomic E-state index is -3.17. The Balaban J connectivity index is 2.56. The first-order valence-electron chi connectivity index (χ1n) is 4.75. The molecule has 0 spiro atoms. The molecule has 0 amide bonds. The largest absolute Gasteiger partial charge is 0.508 e. The number of nitrogens with zero attached hydrogens (tertiary/aromatic N) is 1. The number of sulfone groups is 1. The number of aromatic amines is 1. The maximum absolute atomic E-state index is 11.4. The summed E-state index contributed by atoms with van der Waals surface area (Å²) in [6, 6.07) is 4.67. The Morgan fingerprint density at radius 1 is 1.44 bits per heavy atom. The molecule has 0 aliphatic heterocycles. The molecule has 2 rings (SSSR count). The van der Waals surface area contributed by atoms with Crippen molar-refractivity contribution in [2.75, 3.05) is 6.26 Å². The van der Waals surface area contributed by atoms with E-state index in [1.807, 2.05) is 0 Å². The van der Waals surface area contributed by atoms with E-state index in [0.717, 1.165) is 0 Å². The maximum Gasteiger partial charge on any atom is 0.157 e. The molecule has 1 aromatic carbocycles. The smallest absolute Gasteiger partial charge is 0.157 e. The zero-order chi connectivity index (χ0) is 11.9. The van der Waals surface area contributed by atoms with Crippen LogP contribution in [-0.4, -0.2) is 29.7 Å². The van der Waals surface area contributed by atoms with E-state index in [0.29, 0.717) is 16.9 Å². The SMILES string of the molecule is CC(c1nc2ccc(O)cc2[nH]1)S(C)(=O)=O. The van der Waals surface area contributed by atoms with Crippen molar-refractivity contribution in [2.45, 2.75) is 12.2 Å². The van der Waals surface area contributed by atoms with Gasteiger partial charge < -0.3 is 10.1 Å². The van der Waals surface area contributed by atoms with E-state index in [-0.39, 0.29) is 5.75 Å². The third kappa shape index (κ3) is 1.88. The normalized spacial score (nSPS) is 14.1. The number of imidazole rings is 1. The fourth-order valence-corrected chi connectivity index (χ4v) is 1.93. The average Bonchev–Trinajstić information content (AvgIpc) is 2.57. The molecule has 5 nitrogen and oxygen atoms in total. The Hall–Kier alpha value is -1.56. The minimum absolute atomic E-state index is 0.120. The van der Waals surface area contributed by atoms with Crippen LogP contribution in [0.3, 0.4) is 0 Å². The Bertz CT molecular complexity index is 631. The minimum Gasteiger partial charge on any atom is -0.508 e. The molecule has 2 N–H and O–H groups in total. The van der Waals surface area contributed by atoms with Crippen LogP contribution in [0, 0.1) is 0 Å². The zero-order valence-electron chi connectivity index (χ0n) is 8.93. The second-order valence-electron chi connectivity index (χ2n) is 3.80. The van der Waals surface area contributed by atoms with Crippen LogP contribution >= 0.6 is 0 Å². The number of rotatable bonds is 2. The van der Waals surface area contributed by atoms with Gasteiger partial charge in [-0.2, -0.15) is 0 Å². The Kier molecular flexibility index (Phi) is 2.38. The molecule has 0 saturated carbocycles. The van der Waals surface area contributed by atoms with Gasteiger partial charge in [0.15, 0.2) is 9.84 Å². The Morgan fingerprint density at radius 3 is 2.75 bits per heavy atom. The molecule has 0 saturated heterocycles. The molecule has 6 heteroatoms. The van der Waals surface area contributed by atoms with E-state index in [1.165, 1.54) is 18.4 Å². The van der Waals surface area contributed by atoms with Crippen LogP contribution in [0.2, 0.25) is 0 Å². The van der Waals surface area contributed by atoms with Crippen LogP contribution in [0.1, 0.15) is 18.0 Å². The van der Waals surface area contributed by atoms with E-state index in [1.54, 1.807) is 13.0 Å². The first-order chi connectivity index (χ1) is 7.38. The molecule has 0 aliphatic carbocycles. The zero-order valence-corrected chi connectivity index (χ0v) is 9.75. The van der Waals surface area contributed by atoms with E-state index in [9.17, 15) is 13.5 Å². The van der Waals surface area contributed by atoms with Gasteiger partial charge in [0.25, 0.3) is 0 Å². The monoisotopic (exact) mass is 240 g/mol. The van der Waals surface area contributed by atoms with Crippen LogP contribution in [0.4, 0.5) is 0 Å². The van der Waals surface area contributed by atoms with Crippen LogP contribution < -0.4 is 0 Å². The van der Waals surface area contributed by atoms with Crippen molar-refractivity contribution >= 4 is 20.9 Å². The number of phenols is 1. The van der Waals surface area contributed by atoms with Gasteiger partial charge in [-0.05, 0) is 19.1 Å². The van der Waals surface area contributed by atoms with Gasteiger partial charge >= 0.3 is 0 Å². The molecule has 1 aromatic heterocycles. The molecule has 0 radical (unpaired) electrons. The summed E-state index contributed by atoms with van der Waals surface area (Å²) in [5.41, 5.74) is 1.27. The molecular formula is C10H12N2O3S. The topological polar surface area (TPSA) is 83.1 Å². The third-order valence-corrected chi connectivity index (χ3v) is 4.02. The summed E-state index contributed by atoms with van der Waals surface area (Å²) in [7, 11) is -3.17. The predicted octanol–water partition coefficient (Wildman–Crippen LogP) is 1.37. The van der Waals surface area contributed by atoms with Crippen molar-refractivity contribution in [3.05, 3.63) is 24.0 Å². The first-order valence-corrected chi connectivity index (χ1v) is 6.71. The molecule has 1 atom stereocenters. The summed E-state index contributed by atoms with van der Waals surface area (Å²) in [6.07, 6.45) is 1.17. The number of H-pyrrole nitrogens is 1. The summed E-state index contributed by atoms with van der Waals surface area (Å²) in [6.45, 7) is 1.58. The van der Waals surface area contributed by atoms with Crippen LogP contribution in [0.15, 0.2) is 18.2 Å². The summed E-state index contributed by atoms with van der Waals surface area (Å²) < 4.78 is 22.7. The highest BCUT2D eigenvalue weighted by molar-refractivity contribution is 7.90. The highest BCUT2D eigenvalue weighted by Crippen LogP contribution is 2.23. The number of fused-ring (bicyclic) bond motifs is 1. The first kappa shape index (κ1) is 10.9. The Morgan fingerprint density at radius 2 is 2.12 bits per heavy atom. The average molecular weight is 240 g/mol. The lowest BCUT2D eigenvalue weighted by Crippen LogP contribution is -2.09. The fourth-order valence-electron chi connectivity index (χ4n) is 1.41. The second kappa shape index (κ2) is 3.48. The van der Waals surface area contributed by atoms with E-state index in [2.05, 4.69) is 9.97 Å². The van der Waals surface area contributed by atoms with E-state index in [4.69, 9.17) is 0 Å². The van der Waals surface area contributed by atoms with Crippen LogP contribution in [0.25, 0.3) is 11.0 Å². The number of hydrogen-bond donors (Lipinski definition) is 2. The molecule has 2 aromatic rings. The fraction of sp³-hybridized carbons (Fsp3) is 0.300. The number of benzene rings is 1. The van der Waals surface area contributed by atoms with Gasteiger partial charge in [-0.15, -0.1) is 0 Å². The number of phenolic OH excluding ortho intramolecular Hbond substituents is 1. The summed E-state index contributed by atoms with van der Waals surface area (Å²) in [5.74, 6) is 0.512. The maximum atomic E-state index is 11.4. The quantitative estimate of drug-likeness (QED) is 0.830. The molecule has 1 unspecified atom stereocenters. The van der Waals surface area contributed by atoms with Gasteiger partial charge in [-0.25, -0.2) is 13.4 Å². The molecule has 86 valence electrons. The third-order valence-electron chi connectivity index (χ3n) is 2.51. The summed E-state index contributed by atoms with van der Waals surface area (Å²) in [5, 5.41) is 8.59. The number of aromatic hydroxyl groups is 1. The van der Waals surface area contributed by atoms with Crippen molar-refractivity contribution < 1.29 is 13.5 Å². The Labute approximate surface area is 93.1 Å². The number of hydrogen-bond acceptors (Lipinski definition) is 4. The van der Waals surface area contributed by atoms with Gasteiger partial charge in [0.2, 0.25) is 0 Å². The summed E-state index contributed by atoms with van der Waals surface area (Å²) >= 11 is 0. The van der Waals surface area contributed by atoms with Crippen molar-refractivity contribution in [2.24, 2.45) is 0 Å². The molecular weight excluding hydrogens is 228 g/mol. The van der Waals surface area contributed by atoms with E-state index >= 15 is 0 Å². The molecule has 16 heavy (non-hydrogen) atoms. The predicted molar refractivity (Wildman–Crippen MR) is 61.0 cm³/mol. The number of aromatic nitrogens is 2. The lowest BCUT2D eigenvalue weighted by Gasteiger charge is -2.04. The molecule has 0 fully saturated rings. The standard InChI is InChI=1S/C10H12N2O3S/c1-6(16(2,14)15)10-11-8-4-3-7(13)5-9(8)12-10/h3-6,13H,1-2H3,(H,11,12). The van der Waals surface area contributed by atoms with Crippen molar-refractivity contribution in [3.8, 4) is 5.75 Å². The van der Waals surface area contributed by atoms with Crippen molar-refractivity contribution in [1.82, 2.24) is 9.97 Å². The summed E-state index contributed by atoms with van der Waals surface area (Å²) in [4.78, 5) is 7.07. The van der Waals surface area contributed by atoms with Gasteiger partial charge in [0.1, 0.15) is 16.8 Å². The van der Waals surface area contributed by atoms with E-state index < -0.39 is 15.1 Å². The molecule has 0 bridgehead atoms. The second-order valence-corrected chi connectivity index (χ2v) is 6.16. The highest BCUT2D eigenvalue weighted by atomic mass is 32.2. The molecule has 0 aliphatic rings. The van der Waals surface area contributed by atoms with Gasteiger partial charge in [0, 0.05) is 12.3 Å². The van der Waals surface area contributed by atoms with Crippen molar-refractivity contribution in [3.63, 3.8) is 0 Å². The highest BCUT2D eigenvalue weighted by Gasteiger charge is 2.20. The van der Waals surface area contributed by atoms with Gasteiger partial charge in [-0.3, -0.25) is 0 Å². The number of nitrogens with one attached hydrogen (secondary N) is 1. The lowest BCUT2D eigenvalue weighted by molar-refractivity contribution is 0.476. The van der Waals surface area contributed by atoms with Gasteiger partial charge in [0.05, 0.1) is 11.0 Å².